The van der Waals surface area contributed by atoms with Gasteiger partial charge in [-0.2, -0.15) is 0 Å². The number of aliphatic hydroxyl groups is 1. The third-order valence-corrected chi connectivity index (χ3v) is 7.33. The van der Waals surface area contributed by atoms with E-state index < -0.39 is 23.9 Å². The van der Waals surface area contributed by atoms with E-state index in [1.54, 1.807) is 7.11 Å². The van der Waals surface area contributed by atoms with E-state index >= 15 is 0 Å². The number of nitrogens with one attached hydrogen (secondary N) is 1. The summed E-state index contributed by atoms with van der Waals surface area (Å²) in [6.45, 7) is 8.04. The standard InChI is InChI=1S/C24H42N2O5/c1-16(2)13-17-14-18(17)23(3,28)21-20(29-4)19(9-10-24(21)15-30-24)31-22(27)26-12-8-6-5-7-11-25/h13,17-21,28H,5-12,14-15,25H2,1-4H3,(H,26,27)/t17?,18-,19?,20?,21?,23+,24+/m1/s1. The fourth-order valence-corrected chi connectivity index (χ4v) is 5.64. The lowest BCUT2D eigenvalue weighted by Crippen LogP contribution is -2.60. The predicted octanol–water partition coefficient (Wildman–Crippen LogP) is 3.15. The molecule has 0 radical (unpaired) electrons. The molecule has 1 aliphatic heterocycles. The third kappa shape index (κ3) is 5.81. The van der Waals surface area contributed by atoms with Gasteiger partial charge < -0.3 is 30.4 Å². The zero-order valence-electron chi connectivity index (χ0n) is 19.7. The molecule has 178 valence electrons. The molecule has 0 aromatic rings. The fraction of sp³-hybridized carbons (Fsp3) is 0.875. The maximum atomic E-state index is 12.4. The fourth-order valence-electron chi connectivity index (χ4n) is 5.64. The molecule has 1 heterocycles. The number of carbonyl (C=O) groups excluding carboxylic acids is 1. The summed E-state index contributed by atoms with van der Waals surface area (Å²) in [6.07, 6.45) is 7.51. The molecule has 7 nitrogen and oxygen atoms in total. The molecule has 3 aliphatic rings. The molecule has 2 saturated carbocycles. The second-order valence-corrected chi connectivity index (χ2v) is 10.1. The molecule has 31 heavy (non-hydrogen) atoms. The summed E-state index contributed by atoms with van der Waals surface area (Å²) >= 11 is 0. The van der Waals surface area contributed by atoms with E-state index in [1.165, 1.54) is 5.57 Å². The molecule has 4 N–H and O–H groups in total. The molecule has 3 rings (SSSR count). The van der Waals surface area contributed by atoms with Crippen molar-refractivity contribution in [2.24, 2.45) is 23.5 Å². The maximum absolute atomic E-state index is 12.4. The van der Waals surface area contributed by atoms with E-state index in [1.807, 2.05) is 6.92 Å². The quantitative estimate of drug-likeness (QED) is 0.260. The van der Waals surface area contributed by atoms with Crippen LogP contribution >= 0.6 is 0 Å². The van der Waals surface area contributed by atoms with E-state index in [4.69, 9.17) is 19.9 Å². The Hall–Kier alpha value is -1.15. The van der Waals surface area contributed by atoms with Gasteiger partial charge in [0.25, 0.3) is 0 Å². The van der Waals surface area contributed by atoms with Gasteiger partial charge in [0.05, 0.1) is 17.8 Å². The maximum Gasteiger partial charge on any atom is 0.407 e. The molecule has 0 aromatic heterocycles. The number of alkyl carbamates (subject to hydrolysis) is 1. The van der Waals surface area contributed by atoms with Gasteiger partial charge in [-0.25, -0.2) is 4.79 Å². The first-order valence-electron chi connectivity index (χ1n) is 11.9. The number of amides is 1. The van der Waals surface area contributed by atoms with Crippen molar-refractivity contribution in [3.63, 3.8) is 0 Å². The Morgan fingerprint density at radius 1 is 1.32 bits per heavy atom. The van der Waals surface area contributed by atoms with Crippen molar-refractivity contribution in [1.29, 1.82) is 0 Å². The minimum Gasteiger partial charge on any atom is -0.443 e. The van der Waals surface area contributed by atoms with Crippen LogP contribution in [0.25, 0.3) is 0 Å². The smallest absolute Gasteiger partial charge is 0.407 e. The van der Waals surface area contributed by atoms with Crippen LogP contribution in [0, 0.1) is 17.8 Å². The largest absolute Gasteiger partial charge is 0.443 e. The number of hydrogen-bond acceptors (Lipinski definition) is 6. The van der Waals surface area contributed by atoms with Gasteiger partial charge in [-0.05, 0) is 71.3 Å². The Bertz CT molecular complexity index is 642. The zero-order chi connectivity index (χ0) is 22.6. The van der Waals surface area contributed by atoms with E-state index in [-0.39, 0.29) is 17.4 Å². The first-order chi connectivity index (χ1) is 14.7. The molecule has 4 unspecified atom stereocenters. The van der Waals surface area contributed by atoms with Crippen molar-refractivity contribution in [1.82, 2.24) is 5.32 Å². The van der Waals surface area contributed by atoms with E-state index in [9.17, 15) is 9.90 Å². The summed E-state index contributed by atoms with van der Waals surface area (Å²) in [5, 5.41) is 14.5. The molecule has 3 fully saturated rings. The molecule has 1 amide bonds. The minimum atomic E-state index is -0.949. The zero-order valence-corrected chi connectivity index (χ0v) is 19.7. The molecule has 1 saturated heterocycles. The number of carbonyl (C=O) groups is 1. The first kappa shape index (κ1) is 24.5. The van der Waals surface area contributed by atoms with Crippen molar-refractivity contribution in [2.45, 2.75) is 89.1 Å². The lowest BCUT2D eigenvalue weighted by Gasteiger charge is -2.47. The molecular formula is C24H42N2O5. The van der Waals surface area contributed by atoms with Crippen LogP contribution in [0.3, 0.4) is 0 Å². The SMILES string of the molecule is COC1C(OC(=O)NCCCCCCN)CC[C@]2(CO2)C1[C@@](C)(O)[C@@H]1CC1C=C(C)C. The van der Waals surface area contributed by atoms with Crippen LogP contribution in [0.2, 0.25) is 0 Å². The second-order valence-electron chi connectivity index (χ2n) is 10.1. The lowest BCUT2D eigenvalue weighted by molar-refractivity contribution is -0.170. The number of unbranched alkanes of at least 4 members (excludes halogenated alkanes) is 3. The minimum absolute atomic E-state index is 0.173. The van der Waals surface area contributed by atoms with Crippen LogP contribution in [0.15, 0.2) is 11.6 Å². The normalized spacial score (nSPS) is 35.9. The van der Waals surface area contributed by atoms with Crippen LogP contribution in [-0.4, -0.2) is 61.4 Å². The number of methoxy groups -OCH3 is 1. The van der Waals surface area contributed by atoms with Crippen molar-refractivity contribution < 1.29 is 24.1 Å². The summed E-state index contributed by atoms with van der Waals surface area (Å²) in [6, 6.07) is 0. The molecule has 7 atom stereocenters. The summed E-state index contributed by atoms with van der Waals surface area (Å²) in [7, 11) is 1.64. The van der Waals surface area contributed by atoms with Gasteiger partial charge in [0.2, 0.25) is 0 Å². The Labute approximate surface area is 187 Å². The Morgan fingerprint density at radius 3 is 2.65 bits per heavy atom. The second kappa shape index (κ2) is 10.2. The number of epoxide rings is 1. The van der Waals surface area contributed by atoms with E-state index in [0.717, 1.165) is 38.5 Å². The number of rotatable bonds is 11. The van der Waals surface area contributed by atoms with Crippen molar-refractivity contribution in [3.8, 4) is 0 Å². The Kier molecular flexibility index (Phi) is 8.05. The highest BCUT2D eigenvalue weighted by Crippen LogP contribution is 2.59. The molecule has 7 heteroatoms. The van der Waals surface area contributed by atoms with Crippen LogP contribution in [-0.2, 0) is 14.2 Å². The van der Waals surface area contributed by atoms with Gasteiger partial charge in [-0.1, -0.05) is 24.5 Å². The van der Waals surface area contributed by atoms with Crippen LogP contribution in [0.4, 0.5) is 4.79 Å². The third-order valence-electron chi connectivity index (χ3n) is 7.33. The van der Waals surface area contributed by atoms with Crippen molar-refractivity contribution in [2.75, 3.05) is 26.8 Å². The van der Waals surface area contributed by atoms with Crippen molar-refractivity contribution >= 4 is 6.09 Å². The van der Waals surface area contributed by atoms with E-state index in [2.05, 4.69) is 25.2 Å². The van der Waals surface area contributed by atoms with Crippen molar-refractivity contribution in [3.05, 3.63) is 11.6 Å². The van der Waals surface area contributed by atoms with Gasteiger partial charge in [0, 0.05) is 19.6 Å². The number of allylic oxidation sites excluding steroid dienone is 2. The van der Waals surface area contributed by atoms with Gasteiger partial charge in [0.15, 0.2) is 0 Å². The van der Waals surface area contributed by atoms with Gasteiger partial charge in [0.1, 0.15) is 12.2 Å². The first-order valence-corrected chi connectivity index (χ1v) is 11.9. The molecular weight excluding hydrogens is 396 g/mol. The highest BCUT2D eigenvalue weighted by atomic mass is 16.6. The highest BCUT2D eigenvalue weighted by Gasteiger charge is 2.68. The summed E-state index contributed by atoms with van der Waals surface area (Å²) < 4.78 is 17.6. The Morgan fingerprint density at radius 2 is 2.03 bits per heavy atom. The van der Waals surface area contributed by atoms with Gasteiger partial charge in [-0.15, -0.1) is 0 Å². The summed E-state index contributed by atoms with van der Waals surface area (Å²) in [5.41, 5.74) is 5.47. The monoisotopic (exact) mass is 438 g/mol. The van der Waals surface area contributed by atoms with Crippen LogP contribution in [0.1, 0.15) is 65.7 Å². The number of ether oxygens (including phenoxy) is 3. The van der Waals surface area contributed by atoms with E-state index in [0.29, 0.717) is 32.0 Å². The topological polar surface area (TPSA) is 106 Å². The Balaban J connectivity index is 1.60. The molecule has 2 aliphatic carbocycles. The van der Waals surface area contributed by atoms with Gasteiger partial charge >= 0.3 is 6.09 Å². The van der Waals surface area contributed by atoms with Crippen LogP contribution in [0.5, 0.6) is 0 Å². The number of nitrogens with two attached hydrogens (primary N) is 1. The predicted molar refractivity (Wildman–Crippen MR) is 120 cm³/mol. The van der Waals surface area contributed by atoms with Gasteiger partial charge in [-0.3, -0.25) is 0 Å². The summed E-state index contributed by atoms with van der Waals surface area (Å²) in [4.78, 5) is 12.4. The summed E-state index contributed by atoms with van der Waals surface area (Å²) in [5.74, 6) is 0.331. The molecule has 1 spiro atoms. The average Bonchev–Trinajstić information content (AvgIpc) is 3.63. The highest BCUT2D eigenvalue weighted by molar-refractivity contribution is 5.67. The average molecular weight is 439 g/mol. The molecule has 0 aromatic carbocycles. The van der Waals surface area contributed by atoms with Crippen LogP contribution < -0.4 is 11.1 Å². The number of hydrogen-bond donors (Lipinski definition) is 3. The lowest BCUT2D eigenvalue weighted by atomic mass is 9.65. The molecule has 0 bridgehead atoms.